The Morgan fingerprint density at radius 3 is 2.24 bits per heavy atom. The summed E-state index contributed by atoms with van der Waals surface area (Å²) in [5, 5.41) is 0. The Balaban J connectivity index is 2.33. The third-order valence-corrected chi connectivity index (χ3v) is 4.01. The zero-order valence-corrected chi connectivity index (χ0v) is 14.2. The Kier molecular flexibility index (Phi) is 7.39. The van der Waals surface area contributed by atoms with E-state index in [1.807, 2.05) is 72.8 Å². The molecule has 2 aromatic rings. The first-order chi connectivity index (χ1) is 12.2. The predicted molar refractivity (Wildman–Crippen MR) is 100.0 cm³/mol. The molecule has 0 spiro atoms. The van der Waals surface area contributed by atoms with Crippen molar-refractivity contribution in [2.24, 2.45) is 5.92 Å². The molecule has 0 N–H and O–H groups in total. The summed E-state index contributed by atoms with van der Waals surface area (Å²) in [4.78, 5) is 22.7. The van der Waals surface area contributed by atoms with Gasteiger partial charge in [-0.3, -0.25) is 0 Å². The highest BCUT2D eigenvalue weighted by Crippen LogP contribution is 2.30. The van der Waals surface area contributed by atoms with Gasteiger partial charge in [-0.2, -0.15) is 0 Å². The molecule has 0 aliphatic rings. The van der Waals surface area contributed by atoms with Crippen LogP contribution in [0.3, 0.4) is 0 Å². The molecule has 0 bridgehead atoms. The van der Waals surface area contributed by atoms with Gasteiger partial charge in [0.15, 0.2) is 0 Å². The predicted octanol–water partition coefficient (Wildman–Crippen LogP) is 4.42. The molecule has 2 rings (SSSR count). The molecular weight excluding hydrogens is 312 g/mol. The number of allylic oxidation sites excluding steroid dienone is 2. The monoisotopic (exact) mass is 334 g/mol. The van der Waals surface area contributed by atoms with Gasteiger partial charge < -0.3 is 9.53 Å². The zero-order valence-electron chi connectivity index (χ0n) is 14.2. The summed E-state index contributed by atoms with van der Waals surface area (Å²) in [6.45, 7) is 0. The van der Waals surface area contributed by atoms with Gasteiger partial charge in [-0.15, -0.1) is 0 Å². The fraction of sp³-hybridized carbons (Fsp3) is 0.182. The van der Waals surface area contributed by atoms with Gasteiger partial charge in [0.1, 0.15) is 6.29 Å². The Bertz CT molecular complexity index is 717. The van der Waals surface area contributed by atoms with E-state index >= 15 is 0 Å². The summed E-state index contributed by atoms with van der Waals surface area (Å²) in [6.07, 6.45) is 8.54. The molecule has 0 unspecified atom stereocenters. The number of benzene rings is 2. The number of esters is 1. The van der Waals surface area contributed by atoms with Crippen LogP contribution in [0.25, 0.3) is 6.08 Å². The van der Waals surface area contributed by atoms with Crippen LogP contribution in [-0.4, -0.2) is 19.4 Å². The second-order valence-corrected chi connectivity index (χ2v) is 5.65. The van der Waals surface area contributed by atoms with E-state index in [-0.39, 0.29) is 11.8 Å². The highest BCUT2D eigenvalue weighted by molar-refractivity contribution is 5.81. The molecule has 25 heavy (non-hydrogen) atoms. The second kappa shape index (κ2) is 10.0. The molecule has 0 radical (unpaired) electrons. The molecule has 3 heteroatoms. The molecule has 0 aliphatic heterocycles. The minimum atomic E-state index is -0.406. The van der Waals surface area contributed by atoms with Crippen LogP contribution in [0.15, 0.2) is 78.9 Å². The fourth-order valence-corrected chi connectivity index (χ4v) is 2.70. The van der Waals surface area contributed by atoms with Crippen molar-refractivity contribution in [2.45, 2.75) is 12.3 Å². The number of hydrogen-bond acceptors (Lipinski definition) is 3. The van der Waals surface area contributed by atoms with E-state index in [2.05, 4.69) is 4.74 Å². The second-order valence-electron chi connectivity index (χ2n) is 5.65. The first-order valence-corrected chi connectivity index (χ1v) is 8.22. The number of hydrogen-bond donors (Lipinski definition) is 0. The quantitative estimate of drug-likeness (QED) is 0.408. The summed E-state index contributed by atoms with van der Waals surface area (Å²) in [5.41, 5.74) is 2.13. The van der Waals surface area contributed by atoms with Crippen molar-refractivity contribution in [1.29, 1.82) is 0 Å². The van der Waals surface area contributed by atoms with E-state index in [4.69, 9.17) is 0 Å². The van der Waals surface area contributed by atoms with E-state index in [1.165, 1.54) is 13.2 Å². The maximum atomic E-state index is 11.5. The fourth-order valence-electron chi connectivity index (χ4n) is 2.70. The van der Waals surface area contributed by atoms with Gasteiger partial charge in [-0.05, 0) is 11.1 Å². The van der Waals surface area contributed by atoms with Crippen LogP contribution in [0.4, 0.5) is 0 Å². The molecule has 128 valence electrons. The van der Waals surface area contributed by atoms with Gasteiger partial charge in [0.25, 0.3) is 0 Å². The van der Waals surface area contributed by atoms with Crippen LogP contribution in [0.2, 0.25) is 0 Å². The normalized spacial score (nSPS) is 13.6. The molecule has 0 heterocycles. The van der Waals surface area contributed by atoms with Crippen molar-refractivity contribution < 1.29 is 14.3 Å². The van der Waals surface area contributed by atoms with Crippen LogP contribution in [0.5, 0.6) is 0 Å². The molecular formula is C22H22O3. The van der Waals surface area contributed by atoms with Gasteiger partial charge >= 0.3 is 5.97 Å². The Labute approximate surface area is 148 Å². The third-order valence-electron chi connectivity index (χ3n) is 4.01. The number of rotatable bonds is 8. The zero-order chi connectivity index (χ0) is 17.9. The summed E-state index contributed by atoms with van der Waals surface area (Å²) in [6, 6.07) is 19.8. The number of aldehydes is 1. The van der Waals surface area contributed by atoms with E-state index in [1.54, 1.807) is 6.08 Å². The van der Waals surface area contributed by atoms with Crippen LogP contribution < -0.4 is 0 Å². The minimum Gasteiger partial charge on any atom is -0.466 e. The highest BCUT2D eigenvalue weighted by atomic mass is 16.5. The third kappa shape index (κ3) is 5.88. The Hall–Kier alpha value is -2.94. The molecule has 0 amide bonds. The maximum absolute atomic E-state index is 11.5. The average Bonchev–Trinajstić information content (AvgIpc) is 2.68. The molecule has 0 saturated heterocycles. The summed E-state index contributed by atoms with van der Waals surface area (Å²) in [5.74, 6) is -0.553. The topological polar surface area (TPSA) is 43.4 Å². The first-order valence-electron chi connectivity index (χ1n) is 8.22. The summed E-state index contributed by atoms with van der Waals surface area (Å²) >= 11 is 0. The van der Waals surface area contributed by atoms with Crippen LogP contribution in [0, 0.1) is 5.92 Å². The van der Waals surface area contributed by atoms with Crippen molar-refractivity contribution in [2.75, 3.05) is 7.11 Å². The van der Waals surface area contributed by atoms with E-state index in [0.717, 1.165) is 17.4 Å². The number of carbonyl (C=O) groups excluding carboxylic acids is 2. The summed E-state index contributed by atoms with van der Waals surface area (Å²) < 4.78 is 4.69. The van der Waals surface area contributed by atoms with Gasteiger partial charge in [0.05, 0.1) is 7.11 Å². The van der Waals surface area contributed by atoms with Crippen molar-refractivity contribution >= 4 is 18.3 Å². The van der Waals surface area contributed by atoms with Crippen LogP contribution >= 0.6 is 0 Å². The van der Waals surface area contributed by atoms with Gasteiger partial charge in [-0.1, -0.05) is 78.9 Å². The van der Waals surface area contributed by atoms with Gasteiger partial charge in [-0.25, -0.2) is 4.79 Å². The largest absolute Gasteiger partial charge is 0.466 e. The molecule has 0 saturated carbocycles. The number of methoxy groups -OCH3 is 1. The minimum absolute atomic E-state index is 0.0421. The highest BCUT2D eigenvalue weighted by Gasteiger charge is 2.19. The van der Waals surface area contributed by atoms with Crippen molar-refractivity contribution in [3.05, 3.63) is 90.0 Å². The summed E-state index contributed by atoms with van der Waals surface area (Å²) in [7, 11) is 1.35. The van der Waals surface area contributed by atoms with E-state index in [0.29, 0.717) is 6.42 Å². The van der Waals surface area contributed by atoms with Crippen molar-refractivity contribution in [1.82, 2.24) is 0 Å². The first kappa shape index (κ1) is 18.4. The van der Waals surface area contributed by atoms with Gasteiger partial charge in [0.2, 0.25) is 0 Å². The lowest BCUT2D eigenvalue weighted by Crippen LogP contribution is -2.10. The van der Waals surface area contributed by atoms with E-state index < -0.39 is 5.97 Å². The van der Waals surface area contributed by atoms with Crippen molar-refractivity contribution in [3.63, 3.8) is 0 Å². The lowest BCUT2D eigenvalue weighted by molar-refractivity contribution is -0.134. The standard InChI is InChI=1S/C22H22O3/c1-25-22(24)15-14-20(13-12-18-8-4-2-5-9-18)21(16-17-23)19-10-6-3-7-11-19/h2-15,17,20-21H,16H2,1H3/b13-12+,15-14+/t20-,21+/m1/s1. The number of carbonyl (C=O) groups is 2. The average molecular weight is 334 g/mol. The molecule has 0 fully saturated rings. The molecule has 0 aromatic heterocycles. The maximum Gasteiger partial charge on any atom is 0.330 e. The smallest absolute Gasteiger partial charge is 0.330 e. The van der Waals surface area contributed by atoms with Gasteiger partial charge in [0, 0.05) is 24.3 Å². The van der Waals surface area contributed by atoms with Crippen LogP contribution in [0.1, 0.15) is 23.5 Å². The molecule has 0 aliphatic carbocycles. The van der Waals surface area contributed by atoms with E-state index in [9.17, 15) is 9.59 Å². The van der Waals surface area contributed by atoms with Crippen LogP contribution in [-0.2, 0) is 14.3 Å². The number of ether oxygens (including phenoxy) is 1. The molecule has 2 aromatic carbocycles. The van der Waals surface area contributed by atoms with Crippen molar-refractivity contribution in [3.8, 4) is 0 Å². The molecule has 2 atom stereocenters. The SMILES string of the molecule is COC(=O)/C=C/[C@@H](/C=C/c1ccccc1)[C@@H](CC=O)c1ccccc1. The lowest BCUT2D eigenvalue weighted by atomic mass is 9.83. The Morgan fingerprint density at radius 2 is 1.64 bits per heavy atom. The molecule has 3 nitrogen and oxygen atoms in total. The lowest BCUT2D eigenvalue weighted by Gasteiger charge is -2.21. The Morgan fingerprint density at radius 1 is 1.00 bits per heavy atom.